The van der Waals surface area contributed by atoms with Gasteiger partial charge in [-0.15, -0.1) is 0 Å². The van der Waals surface area contributed by atoms with E-state index in [4.69, 9.17) is 47.5 Å². The lowest BCUT2D eigenvalue weighted by atomic mass is 10.0. The average molecular weight is 688 g/mol. The van der Waals surface area contributed by atoms with Crippen molar-refractivity contribution in [3.8, 4) is 0 Å². The topological polar surface area (TPSA) is 105 Å². The zero-order valence-electron chi connectivity index (χ0n) is 29.4. The molecule has 11 nitrogen and oxygen atoms in total. The van der Waals surface area contributed by atoms with E-state index < -0.39 is 0 Å². The number of ether oxygens (including phenoxy) is 9. The Hall–Kier alpha value is -2.71. The third-order valence-corrected chi connectivity index (χ3v) is 7.14. The van der Waals surface area contributed by atoms with E-state index in [-0.39, 0.29) is 0 Å². The molecule has 0 heterocycles. The lowest BCUT2D eigenvalue weighted by Crippen LogP contribution is -2.15. The largest absolute Gasteiger partial charge is 0.396 e. The van der Waals surface area contributed by atoms with Crippen molar-refractivity contribution in [2.24, 2.45) is 5.16 Å². The van der Waals surface area contributed by atoms with E-state index in [9.17, 15) is 0 Å². The molecule has 0 aliphatic heterocycles. The van der Waals surface area contributed by atoms with Crippen LogP contribution >= 0.6 is 0 Å². The number of oxime groups is 1. The van der Waals surface area contributed by atoms with Gasteiger partial charge in [0.1, 0.15) is 6.61 Å². The molecule has 0 unspecified atom stereocenters. The maximum atomic E-state index is 5.62. The number of hydrogen-bond acceptors (Lipinski definition) is 11. The molecular formula is C38H57NO10. The highest BCUT2D eigenvalue weighted by Crippen LogP contribution is 2.25. The van der Waals surface area contributed by atoms with Crippen LogP contribution in [0.1, 0.15) is 31.7 Å². The summed E-state index contributed by atoms with van der Waals surface area (Å²) in [5.74, 6) is 0. The summed E-state index contributed by atoms with van der Waals surface area (Å²) < 4.78 is 49.4. The van der Waals surface area contributed by atoms with Crippen molar-refractivity contribution in [3.05, 3.63) is 60.2 Å². The molecule has 3 aromatic rings. The van der Waals surface area contributed by atoms with Crippen LogP contribution in [0.4, 0.5) is 0 Å². The van der Waals surface area contributed by atoms with Gasteiger partial charge in [0.05, 0.1) is 112 Å². The number of benzene rings is 3. The van der Waals surface area contributed by atoms with Gasteiger partial charge in [0.25, 0.3) is 0 Å². The third-order valence-electron chi connectivity index (χ3n) is 7.14. The molecule has 0 radical (unpaired) electrons. The zero-order chi connectivity index (χ0) is 34.3. The van der Waals surface area contributed by atoms with Crippen molar-refractivity contribution in [1.29, 1.82) is 0 Å². The number of fused-ring (bicyclic) bond motifs is 3. The predicted octanol–water partition coefficient (Wildman–Crippen LogP) is 5.68. The van der Waals surface area contributed by atoms with Crippen molar-refractivity contribution in [2.75, 3.05) is 126 Å². The molecule has 0 spiro atoms. The van der Waals surface area contributed by atoms with E-state index >= 15 is 0 Å². The summed E-state index contributed by atoms with van der Waals surface area (Å²) in [5, 5.41) is 9.07. The van der Waals surface area contributed by atoms with Crippen LogP contribution in [0.5, 0.6) is 0 Å². The van der Waals surface area contributed by atoms with Gasteiger partial charge in [-0.1, -0.05) is 60.6 Å². The molecule has 11 heteroatoms. The van der Waals surface area contributed by atoms with Crippen molar-refractivity contribution >= 4 is 27.8 Å². The highest BCUT2D eigenvalue weighted by molar-refractivity contribution is 6.08. The van der Waals surface area contributed by atoms with Crippen LogP contribution in [-0.4, -0.2) is 132 Å². The molecule has 0 atom stereocenters. The minimum absolute atomic E-state index is 0.520. The normalized spacial score (nSPS) is 11.8. The van der Waals surface area contributed by atoms with Gasteiger partial charge in [-0.25, -0.2) is 0 Å². The van der Waals surface area contributed by atoms with Gasteiger partial charge in [0.15, 0.2) is 0 Å². The first kappa shape index (κ1) is 40.7. The molecular weight excluding hydrogens is 630 g/mol. The molecule has 0 fully saturated rings. The van der Waals surface area contributed by atoms with Crippen LogP contribution < -0.4 is 0 Å². The summed E-state index contributed by atoms with van der Waals surface area (Å²) >= 11 is 0. The van der Waals surface area contributed by atoms with Crippen LogP contribution in [0, 0.1) is 0 Å². The Labute approximate surface area is 292 Å². The monoisotopic (exact) mass is 687 g/mol. The fourth-order valence-corrected chi connectivity index (χ4v) is 4.64. The smallest absolute Gasteiger partial charge is 0.117 e. The minimum Gasteiger partial charge on any atom is -0.396 e. The number of rotatable bonds is 33. The minimum atomic E-state index is 0.520. The summed E-state index contributed by atoms with van der Waals surface area (Å²) in [6.45, 7) is 12.8. The second-order valence-electron chi connectivity index (χ2n) is 11.1. The molecule has 0 aliphatic rings. The fourth-order valence-electron chi connectivity index (χ4n) is 4.64. The molecule has 274 valence electrons. The van der Waals surface area contributed by atoms with Crippen LogP contribution in [0.2, 0.25) is 0 Å². The number of unbranched alkanes of at least 4 members (excludes halogenated alkanes) is 1. The molecule has 0 N–H and O–H groups in total. The fraction of sp³-hybridized carbons (Fsp3) is 0.605. The Morgan fingerprint density at radius 2 is 0.857 bits per heavy atom. The van der Waals surface area contributed by atoms with Gasteiger partial charge < -0.3 is 47.5 Å². The van der Waals surface area contributed by atoms with Gasteiger partial charge in [-0.2, -0.15) is 0 Å². The van der Waals surface area contributed by atoms with Crippen LogP contribution in [0.25, 0.3) is 21.5 Å². The summed E-state index contributed by atoms with van der Waals surface area (Å²) in [5.41, 5.74) is 1.02. The molecule has 3 aromatic carbocycles. The first-order valence-corrected chi connectivity index (χ1v) is 17.6. The van der Waals surface area contributed by atoms with E-state index in [1.165, 1.54) is 21.5 Å². The van der Waals surface area contributed by atoms with Gasteiger partial charge in [0.2, 0.25) is 0 Å². The quantitative estimate of drug-likeness (QED) is 0.0344. The highest BCUT2D eigenvalue weighted by atomic mass is 16.6. The summed E-state index contributed by atoms with van der Waals surface area (Å²) in [6.07, 6.45) is 4.57. The standard InChI is InChI=1S/C38H57NO10/c1-2-13-40-16-18-42-20-22-44-24-26-46-28-30-48-31-29-47-27-25-45-23-21-43-19-17-41-14-5-6-15-49-39-33-34-9-12-38-36(32-34)11-10-35-7-3-4-8-37(35)38/h3-4,7-12,32-33H,2,5-6,13-31H2,1H3/b39-33+. The third kappa shape index (κ3) is 19.9. The second kappa shape index (κ2) is 29.1. The lowest BCUT2D eigenvalue weighted by Gasteiger charge is -2.09. The van der Waals surface area contributed by atoms with Crippen LogP contribution in [0.15, 0.2) is 59.8 Å². The maximum Gasteiger partial charge on any atom is 0.117 e. The Morgan fingerprint density at radius 3 is 1.39 bits per heavy atom. The van der Waals surface area contributed by atoms with E-state index in [0.717, 1.165) is 31.4 Å². The molecule has 0 saturated heterocycles. The zero-order valence-corrected chi connectivity index (χ0v) is 29.4. The van der Waals surface area contributed by atoms with Gasteiger partial charge in [-0.3, -0.25) is 0 Å². The summed E-state index contributed by atoms with van der Waals surface area (Å²) in [4.78, 5) is 5.43. The van der Waals surface area contributed by atoms with Gasteiger partial charge in [-0.05, 0) is 52.4 Å². The molecule has 0 amide bonds. The second-order valence-corrected chi connectivity index (χ2v) is 11.1. The van der Waals surface area contributed by atoms with E-state index in [2.05, 4.69) is 66.7 Å². The Morgan fingerprint density at radius 1 is 0.429 bits per heavy atom. The molecule has 0 bridgehead atoms. The predicted molar refractivity (Wildman–Crippen MR) is 192 cm³/mol. The SMILES string of the molecule is CCCOCCOCCOCCOCCOCCOCCOCCOCCOCCCCO/N=C/c1ccc2c(ccc3ccccc32)c1. The molecule has 0 aromatic heterocycles. The Bertz CT molecular complexity index is 1240. The number of nitrogens with zero attached hydrogens (tertiary/aromatic N) is 1. The average Bonchev–Trinajstić information content (AvgIpc) is 3.13. The van der Waals surface area contributed by atoms with E-state index in [1.807, 2.05) is 0 Å². The van der Waals surface area contributed by atoms with Crippen molar-refractivity contribution in [3.63, 3.8) is 0 Å². The highest BCUT2D eigenvalue weighted by Gasteiger charge is 2.01. The van der Waals surface area contributed by atoms with Crippen molar-refractivity contribution < 1.29 is 47.5 Å². The molecule has 0 aliphatic carbocycles. The number of hydrogen-bond donors (Lipinski definition) is 0. The Balaban J connectivity index is 0.974. The molecule has 0 saturated carbocycles. The maximum absolute atomic E-state index is 5.62. The van der Waals surface area contributed by atoms with Crippen molar-refractivity contribution in [1.82, 2.24) is 0 Å². The van der Waals surface area contributed by atoms with Gasteiger partial charge >= 0.3 is 0 Å². The lowest BCUT2D eigenvalue weighted by molar-refractivity contribution is -0.0250. The summed E-state index contributed by atoms with van der Waals surface area (Å²) in [6, 6.07) is 19.1. The van der Waals surface area contributed by atoms with E-state index in [1.54, 1.807) is 6.21 Å². The van der Waals surface area contributed by atoms with Crippen LogP contribution in [-0.2, 0) is 47.5 Å². The molecule has 3 rings (SSSR count). The van der Waals surface area contributed by atoms with Gasteiger partial charge in [0, 0.05) is 13.2 Å². The summed E-state index contributed by atoms with van der Waals surface area (Å²) in [7, 11) is 0. The first-order valence-electron chi connectivity index (χ1n) is 17.6. The van der Waals surface area contributed by atoms with Crippen molar-refractivity contribution in [2.45, 2.75) is 26.2 Å². The Kier molecular flexibility index (Phi) is 24.1. The van der Waals surface area contributed by atoms with E-state index in [0.29, 0.717) is 119 Å². The first-order chi connectivity index (χ1) is 24.4. The van der Waals surface area contributed by atoms with Crippen LogP contribution in [0.3, 0.4) is 0 Å². The molecule has 49 heavy (non-hydrogen) atoms.